The predicted molar refractivity (Wildman–Crippen MR) is 97.4 cm³/mol. The van der Waals surface area contributed by atoms with Crippen molar-refractivity contribution in [2.45, 2.75) is 0 Å². The zero-order chi connectivity index (χ0) is 18.4. The Morgan fingerprint density at radius 3 is 2.00 bits per heavy atom. The fourth-order valence-electron chi connectivity index (χ4n) is 2.22. The van der Waals surface area contributed by atoms with Crippen LogP contribution in [-0.2, 0) is 0 Å². The Morgan fingerprint density at radius 2 is 1.42 bits per heavy atom. The van der Waals surface area contributed by atoms with Crippen LogP contribution in [0.15, 0.2) is 67.3 Å². The van der Waals surface area contributed by atoms with Gasteiger partial charge in [-0.1, -0.05) is 6.07 Å². The maximum Gasteiger partial charge on any atom is 0.258 e. The maximum atomic E-state index is 12.3. The molecule has 3 aromatic rings. The lowest BCUT2D eigenvalue weighted by molar-refractivity contribution is 0.101. The predicted octanol–water partition coefficient (Wildman–Crippen LogP) is 2.99. The minimum Gasteiger partial charge on any atom is -0.497 e. The Bertz CT molecular complexity index is 912. The average molecular weight is 348 g/mol. The van der Waals surface area contributed by atoms with Gasteiger partial charge in [0, 0.05) is 29.3 Å². The number of rotatable bonds is 5. The molecule has 0 spiro atoms. The van der Waals surface area contributed by atoms with Crippen molar-refractivity contribution < 1.29 is 14.3 Å². The number of nitrogens with zero attached hydrogens (tertiary/aromatic N) is 2. The van der Waals surface area contributed by atoms with E-state index in [1.165, 1.54) is 18.7 Å². The number of hydrogen-bond donors (Lipinski definition) is 2. The second-order valence-corrected chi connectivity index (χ2v) is 5.34. The number of hydrogen-bond acceptors (Lipinski definition) is 5. The van der Waals surface area contributed by atoms with E-state index in [1.54, 1.807) is 55.6 Å². The average Bonchev–Trinajstić information content (AvgIpc) is 2.70. The van der Waals surface area contributed by atoms with Gasteiger partial charge in [0.2, 0.25) is 0 Å². The van der Waals surface area contributed by atoms with Gasteiger partial charge in [-0.3, -0.25) is 9.59 Å². The molecule has 2 amide bonds. The summed E-state index contributed by atoms with van der Waals surface area (Å²) in [5, 5.41) is 5.53. The van der Waals surface area contributed by atoms with Gasteiger partial charge in [0.15, 0.2) is 0 Å². The van der Waals surface area contributed by atoms with E-state index in [0.717, 1.165) is 0 Å². The zero-order valence-electron chi connectivity index (χ0n) is 14.0. The number of ether oxygens (including phenoxy) is 1. The lowest BCUT2D eigenvalue weighted by atomic mass is 10.2. The summed E-state index contributed by atoms with van der Waals surface area (Å²) in [4.78, 5) is 31.9. The standard InChI is InChI=1S/C19H16N4O3/c1-26-17-4-2-3-13(9-17)18(24)22-15-5-7-16(8-6-15)23-19(25)14-10-20-12-21-11-14/h2-12H,1H3,(H,22,24)(H,23,25). The van der Waals surface area contributed by atoms with Gasteiger partial charge in [-0.15, -0.1) is 0 Å². The lowest BCUT2D eigenvalue weighted by Gasteiger charge is -2.08. The van der Waals surface area contributed by atoms with Crippen molar-refractivity contribution in [3.8, 4) is 5.75 Å². The van der Waals surface area contributed by atoms with Crippen LogP contribution in [0.5, 0.6) is 5.75 Å². The Labute approximate surface area is 150 Å². The van der Waals surface area contributed by atoms with Crippen molar-refractivity contribution in [3.05, 3.63) is 78.4 Å². The van der Waals surface area contributed by atoms with Crippen molar-refractivity contribution >= 4 is 23.2 Å². The van der Waals surface area contributed by atoms with Gasteiger partial charge in [-0.25, -0.2) is 9.97 Å². The van der Waals surface area contributed by atoms with Gasteiger partial charge in [0.25, 0.3) is 11.8 Å². The molecule has 130 valence electrons. The van der Waals surface area contributed by atoms with Gasteiger partial charge in [0.05, 0.1) is 12.7 Å². The molecular formula is C19H16N4O3. The summed E-state index contributed by atoms with van der Waals surface area (Å²) in [6.07, 6.45) is 4.23. The van der Waals surface area contributed by atoms with E-state index in [9.17, 15) is 9.59 Å². The van der Waals surface area contributed by atoms with E-state index in [4.69, 9.17) is 4.74 Å². The Balaban J connectivity index is 1.64. The second-order valence-electron chi connectivity index (χ2n) is 5.34. The van der Waals surface area contributed by atoms with Crippen LogP contribution in [0, 0.1) is 0 Å². The maximum absolute atomic E-state index is 12.3. The highest BCUT2D eigenvalue weighted by atomic mass is 16.5. The largest absolute Gasteiger partial charge is 0.497 e. The van der Waals surface area contributed by atoms with Gasteiger partial charge >= 0.3 is 0 Å². The molecule has 0 bridgehead atoms. The molecule has 2 aromatic carbocycles. The molecule has 26 heavy (non-hydrogen) atoms. The van der Waals surface area contributed by atoms with Crippen LogP contribution in [-0.4, -0.2) is 28.9 Å². The molecule has 0 fully saturated rings. The Morgan fingerprint density at radius 1 is 0.846 bits per heavy atom. The van der Waals surface area contributed by atoms with Crippen molar-refractivity contribution in [1.82, 2.24) is 9.97 Å². The molecule has 1 aromatic heterocycles. The second kappa shape index (κ2) is 7.89. The van der Waals surface area contributed by atoms with Crippen LogP contribution in [0.3, 0.4) is 0 Å². The molecule has 0 aliphatic heterocycles. The first-order valence-electron chi connectivity index (χ1n) is 7.77. The molecule has 0 aliphatic rings. The summed E-state index contributed by atoms with van der Waals surface area (Å²) < 4.78 is 5.12. The van der Waals surface area contributed by atoms with E-state index in [0.29, 0.717) is 28.3 Å². The summed E-state index contributed by atoms with van der Waals surface area (Å²) in [6.45, 7) is 0. The number of carbonyl (C=O) groups excluding carboxylic acids is 2. The quantitative estimate of drug-likeness (QED) is 0.739. The third-order valence-corrected chi connectivity index (χ3v) is 3.56. The number of amides is 2. The fourth-order valence-corrected chi connectivity index (χ4v) is 2.22. The van der Waals surface area contributed by atoms with E-state index in [1.807, 2.05) is 0 Å². The molecular weight excluding hydrogens is 332 g/mol. The third kappa shape index (κ3) is 4.21. The molecule has 0 saturated carbocycles. The molecule has 0 unspecified atom stereocenters. The molecule has 0 atom stereocenters. The highest BCUT2D eigenvalue weighted by Gasteiger charge is 2.09. The minimum absolute atomic E-state index is 0.248. The van der Waals surface area contributed by atoms with E-state index < -0.39 is 0 Å². The lowest BCUT2D eigenvalue weighted by Crippen LogP contribution is -2.13. The first kappa shape index (κ1) is 17.1. The van der Waals surface area contributed by atoms with Crippen LogP contribution in [0.1, 0.15) is 20.7 Å². The summed E-state index contributed by atoms with van der Waals surface area (Å²) in [6, 6.07) is 13.7. The van der Waals surface area contributed by atoms with Crippen LogP contribution in [0.25, 0.3) is 0 Å². The zero-order valence-corrected chi connectivity index (χ0v) is 14.0. The molecule has 3 rings (SSSR count). The molecule has 0 radical (unpaired) electrons. The molecule has 1 heterocycles. The van der Waals surface area contributed by atoms with Crippen LogP contribution >= 0.6 is 0 Å². The number of aromatic nitrogens is 2. The highest BCUT2D eigenvalue weighted by molar-refractivity contribution is 6.05. The summed E-state index contributed by atoms with van der Waals surface area (Å²) in [5.74, 6) is 0.0569. The van der Waals surface area contributed by atoms with Crippen molar-refractivity contribution in [3.63, 3.8) is 0 Å². The highest BCUT2D eigenvalue weighted by Crippen LogP contribution is 2.17. The van der Waals surface area contributed by atoms with Gasteiger partial charge in [0.1, 0.15) is 12.1 Å². The molecule has 7 nitrogen and oxygen atoms in total. The molecule has 0 saturated heterocycles. The van der Waals surface area contributed by atoms with Crippen LogP contribution in [0.4, 0.5) is 11.4 Å². The smallest absolute Gasteiger partial charge is 0.258 e. The third-order valence-electron chi connectivity index (χ3n) is 3.56. The normalized spacial score (nSPS) is 10.0. The van der Waals surface area contributed by atoms with Crippen molar-refractivity contribution in [2.75, 3.05) is 17.7 Å². The Kier molecular flexibility index (Phi) is 5.19. The number of nitrogens with one attached hydrogen (secondary N) is 2. The van der Waals surface area contributed by atoms with Crippen molar-refractivity contribution in [1.29, 1.82) is 0 Å². The summed E-state index contributed by atoms with van der Waals surface area (Å²) in [5.41, 5.74) is 2.06. The van der Waals surface area contributed by atoms with E-state index in [2.05, 4.69) is 20.6 Å². The van der Waals surface area contributed by atoms with Crippen molar-refractivity contribution in [2.24, 2.45) is 0 Å². The minimum atomic E-state index is -0.307. The van der Waals surface area contributed by atoms with Gasteiger partial charge < -0.3 is 15.4 Å². The first-order chi connectivity index (χ1) is 12.7. The van der Waals surface area contributed by atoms with E-state index >= 15 is 0 Å². The van der Waals surface area contributed by atoms with Crippen LogP contribution < -0.4 is 15.4 Å². The molecule has 2 N–H and O–H groups in total. The molecule has 7 heteroatoms. The van der Waals surface area contributed by atoms with Crippen LogP contribution in [0.2, 0.25) is 0 Å². The number of anilines is 2. The topological polar surface area (TPSA) is 93.2 Å². The number of benzene rings is 2. The Hall–Kier alpha value is -3.74. The van der Waals surface area contributed by atoms with Gasteiger partial charge in [-0.05, 0) is 42.5 Å². The van der Waals surface area contributed by atoms with E-state index in [-0.39, 0.29) is 11.8 Å². The number of carbonyl (C=O) groups is 2. The van der Waals surface area contributed by atoms with Gasteiger partial charge in [-0.2, -0.15) is 0 Å². The molecule has 0 aliphatic carbocycles. The fraction of sp³-hybridized carbons (Fsp3) is 0.0526. The summed E-state index contributed by atoms with van der Waals surface area (Å²) in [7, 11) is 1.55. The SMILES string of the molecule is COc1cccc(C(=O)Nc2ccc(NC(=O)c3cncnc3)cc2)c1. The summed E-state index contributed by atoms with van der Waals surface area (Å²) >= 11 is 0. The first-order valence-corrected chi connectivity index (χ1v) is 7.77. The monoisotopic (exact) mass is 348 g/mol. The number of methoxy groups -OCH3 is 1.